The third-order valence-corrected chi connectivity index (χ3v) is 12.3. The number of nitrogens with zero attached hydrogens (tertiary/aromatic N) is 2. The van der Waals surface area contributed by atoms with Gasteiger partial charge in [-0.2, -0.15) is 0 Å². The third-order valence-electron chi connectivity index (χ3n) is 11.1. The minimum Gasteiger partial charge on any atom is -0.309 e. The lowest BCUT2D eigenvalue weighted by Gasteiger charge is -2.33. The highest BCUT2D eigenvalue weighted by Crippen LogP contribution is 2.48. The Kier molecular flexibility index (Phi) is 5.77. The number of allylic oxidation sites excluding steroid dienone is 8. The highest BCUT2D eigenvalue weighted by molar-refractivity contribution is 7.26. The molecule has 0 spiro atoms. The molecule has 0 saturated carbocycles. The Balaban J connectivity index is 1.19. The molecule has 0 aliphatic heterocycles. The maximum atomic E-state index is 2.57. The van der Waals surface area contributed by atoms with E-state index in [2.05, 4.69) is 180 Å². The molecular formula is C47H32N2S. The van der Waals surface area contributed by atoms with Crippen LogP contribution in [0.4, 0.5) is 0 Å². The molecule has 0 amide bonds. The largest absolute Gasteiger partial charge is 0.309 e. The monoisotopic (exact) mass is 656 g/mol. The minimum absolute atomic E-state index is 0.0237. The van der Waals surface area contributed by atoms with Crippen molar-refractivity contribution in [3.8, 4) is 16.8 Å². The minimum atomic E-state index is -0.0237. The predicted octanol–water partition coefficient (Wildman–Crippen LogP) is 13.2. The van der Waals surface area contributed by atoms with Gasteiger partial charge in [0.15, 0.2) is 0 Å². The van der Waals surface area contributed by atoms with Crippen LogP contribution in [0.2, 0.25) is 0 Å². The molecule has 3 heterocycles. The number of para-hydroxylation sites is 2. The van der Waals surface area contributed by atoms with E-state index < -0.39 is 0 Å². The number of rotatable bonds is 3. The summed E-state index contributed by atoms with van der Waals surface area (Å²) in [5.74, 6) is 0. The van der Waals surface area contributed by atoms with E-state index in [1.54, 1.807) is 0 Å². The van der Waals surface area contributed by atoms with Crippen molar-refractivity contribution in [1.82, 2.24) is 9.13 Å². The van der Waals surface area contributed by atoms with Crippen molar-refractivity contribution >= 4 is 80.8 Å². The van der Waals surface area contributed by atoms with E-state index >= 15 is 0 Å². The van der Waals surface area contributed by atoms with Gasteiger partial charge in [-0.1, -0.05) is 116 Å². The number of fused-ring (bicyclic) bond motifs is 11. The first-order chi connectivity index (χ1) is 24.7. The van der Waals surface area contributed by atoms with Gasteiger partial charge in [-0.25, -0.2) is 0 Å². The van der Waals surface area contributed by atoms with Crippen LogP contribution in [0.25, 0.3) is 86.3 Å². The van der Waals surface area contributed by atoms with Crippen LogP contribution < -0.4 is 0 Å². The molecule has 9 aromatic rings. The van der Waals surface area contributed by atoms with Crippen molar-refractivity contribution in [1.29, 1.82) is 0 Å². The Morgan fingerprint density at radius 2 is 1.24 bits per heavy atom. The average molecular weight is 657 g/mol. The molecule has 0 bridgehead atoms. The summed E-state index contributed by atoms with van der Waals surface area (Å²) in [5, 5.41) is 7.78. The fraction of sp³-hybridized carbons (Fsp3) is 0.0638. The summed E-state index contributed by atoms with van der Waals surface area (Å²) in [4.78, 5) is 0. The molecule has 1 unspecified atom stereocenters. The summed E-state index contributed by atoms with van der Waals surface area (Å²) in [5.41, 5.74) is 11.3. The molecule has 2 aliphatic rings. The van der Waals surface area contributed by atoms with Gasteiger partial charge in [0.25, 0.3) is 0 Å². The zero-order valence-corrected chi connectivity index (χ0v) is 28.4. The van der Waals surface area contributed by atoms with Crippen LogP contribution in [0, 0.1) is 5.41 Å². The predicted molar refractivity (Wildman–Crippen MR) is 215 cm³/mol. The molecule has 0 radical (unpaired) electrons. The highest BCUT2D eigenvalue weighted by atomic mass is 32.1. The average Bonchev–Trinajstić information content (AvgIpc) is 3.82. The number of hydrogen-bond acceptors (Lipinski definition) is 1. The topological polar surface area (TPSA) is 9.86 Å². The molecule has 1 atom stereocenters. The van der Waals surface area contributed by atoms with Gasteiger partial charge in [0.05, 0.1) is 26.8 Å². The van der Waals surface area contributed by atoms with E-state index in [-0.39, 0.29) is 5.41 Å². The van der Waals surface area contributed by atoms with E-state index in [0.717, 1.165) is 6.42 Å². The standard InChI is InChI=1S/C47H32N2S/c1-47-26-10-9-16-39(47)43(18-11-27-47)49-42-25-21-31(29-38(42)35-22-23-36-34-15-6-8-19-44(34)50-46(36)45(35)49)30-20-24-41-37(28-30)33-14-5-7-17-40(33)48(41)32-12-3-2-4-13-32/h2-26,28-29H,27H2,1H3. The van der Waals surface area contributed by atoms with Crippen LogP contribution in [0.5, 0.6) is 0 Å². The number of aromatic nitrogens is 2. The molecule has 6 aromatic carbocycles. The van der Waals surface area contributed by atoms with Gasteiger partial charge in [0, 0.05) is 53.8 Å². The van der Waals surface area contributed by atoms with Crippen LogP contribution in [0.3, 0.4) is 0 Å². The van der Waals surface area contributed by atoms with Gasteiger partial charge >= 0.3 is 0 Å². The van der Waals surface area contributed by atoms with Gasteiger partial charge in [0.1, 0.15) is 0 Å². The van der Waals surface area contributed by atoms with Crippen LogP contribution in [0.1, 0.15) is 13.3 Å². The second kappa shape index (κ2) is 10.3. The summed E-state index contributed by atoms with van der Waals surface area (Å²) in [6, 6.07) is 47.1. The fourth-order valence-corrected chi connectivity index (χ4v) is 9.92. The van der Waals surface area contributed by atoms with Gasteiger partial charge in [0.2, 0.25) is 0 Å². The maximum Gasteiger partial charge on any atom is 0.0719 e. The third kappa shape index (κ3) is 3.84. The van der Waals surface area contributed by atoms with E-state index in [1.165, 1.54) is 91.9 Å². The molecule has 236 valence electrons. The lowest BCUT2D eigenvalue weighted by atomic mass is 9.73. The zero-order chi connectivity index (χ0) is 33.0. The SMILES string of the molecule is CC12C=CC=CC1=C(n1c3ccc(-c4ccc5c(c4)c4ccccc4n5-c4ccccc4)cc3c3ccc4c5ccccc5sc4c31)C=CC2. The molecular weight excluding hydrogens is 625 g/mol. The first-order valence-corrected chi connectivity index (χ1v) is 18.2. The summed E-state index contributed by atoms with van der Waals surface area (Å²) < 4.78 is 7.63. The summed E-state index contributed by atoms with van der Waals surface area (Å²) in [6.45, 7) is 2.37. The van der Waals surface area contributed by atoms with Crippen LogP contribution in [-0.2, 0) is 0 Å². The highest BCUT2D eigenvalue weighted by Gasteiger charge is 2.31. The number of benzene rings is 6. The van der Waals surface area contributed by atoms with E-state index in [4.69, 9.17) is 0 Å². The van der Waals surface area contributed by atoms with Crippen LogP contribution >= 0.6 is 11.3 Å². The summed E-state index contributed by atoms with van der Waals surface area (Å²) in [6.07, 6.45) is 14.8. The second-order valence-corrected chi connectivity index (χ2v) is 15.0. The molecule has 0 N–H and O–H groups in total. The van der Waals surface area contributed by atoms with Crippen LogP contribution in [-0.4, -0.2) is 9.13 Å². The first kappa shape index (κ1) is 28.0. The van der Waals surface area contributed by atoms with Crippen LogP contribution in [0.15, 0.2) is 169 Å². The lowest BCUT2D eigenvalue weighted by molar-refractivity contribution is 0.527. The fourth-order valence-electron chi connectivity index (χ4n) is 8.67. The zero-order valence-electron chi connectivity index (χ0n) is 27.6. The van der Waals surface area contributed by atoms with Gasteiger partial charge in [-0.15, -0.1) is 11.3 Å². The molecule has 3 aromatic heterocycles. The summed E-state index contributed by atoms with van der Waals surface area (Å²) in [7, 11) is 0. The van der Waals surface area contributed by atoms with Gasteiger partial charge in [-0.05, 0) is 77.7 Å². The molecule has 0 saturated heterocycles. The van der Waals surface area contributed by atoms with Crippen molar-refractivity contribution in [3.63, 3.8) is 0 Å². The molecule has 50 heavy (non-hydrogen) atoms. The van der Waals surface area contributed by atoms with E-state index in [1.807, 2.05) is 11.3 Å². The molecule has 11 rings (SSSR count). The second-order valence-electron chi connectivity index (χ2n) is 14.0. The van der Waals surface area contributed by atoms with E-state index in [0.29, 0.717) is 0 Å². The van der Waals surface area contributed by atoms with Crippen molar-refractivity contribution < 1.29 is 0 Å². The Labute approximate surface area is 293 Å². The quantitative estimate of drug-likeness (QED) is 0.179. The smallest absolute Gasteiger partial charge is 0.0719 e. The van der Waals surface area contributed by atoms with Crippen molar-refractivity contribution in [2.75, 3.05) is 0 Å². The Morgan fingerprint density at radius 1 is 0.560 bits per heavy atom. The Morgan fingerprint density at radius 3 is 2.08 bits per heavy atom. The number of hydrogen-bond donors (Lipinski definition) is 0. The van der Waals surface area contributed by atoms with Crippen molar-refractivity contribution in [2.45, 2.75) is 13.3 Å². The van der Waals surface area contributed by atoms with Gasteiger partial charge in [-0.3, -0.25) is 0 Å². The first-order valence-electron chi connectivity index (χ1n) is 17.4. The van der Waals surface area contributed by atoms with Crippen molar-refractivity contribution in [3.05, 3.63) is 169 Å². The molecule has 2 nitrogen and oxygen atoms in total. The van der Waals surface area contributed by atoms with E-state index in [9.17, 15) is 0 Å². The number of thiophene rings is 1. The lowest BCUT2D eigenvalue weighted by Crippen LogP contribution is -2.21. The normalized spacial score (nSPS) is 17.4. The van der Waals surface area contributed by atoms with Gasteiger partial charge < -0.3 is 9.13 Å². The Hall–Kier alpha value is -5.90. The molecule has 2 aliphatic carbocycles. The summed E-state index contributed by atoms with van der Waals surface area (Å²) >= 11 is 1.91. The van der Waals surface area contributed by atoms with Crippen molar-refractivity contribution in [2.24, 2.45) is 5.41 Å². The molecule has 3 heteroatoms. The Bertz CT molecular complexity index is 3010. The molecule has 0 fully saturated rings. The maximum absolute atomic E-state index is 2.57.